The van der Waals surface area contributed by atoms with Crippen LogP contribution in [0.15, 0.2) is 29.7 Å². The zero-order chi connectivity index (χ0) is 13.6. The molecule has 0 saturated heterocycles. The molecule has 1 atom stereocenters. The molecule has 0 aromatic heterocycles. The standard InChI is InChI=1S/C13H16N2O2S/c1-11-3-5-13(6-4-11)8-10-18(16,17)15-12(2)7-9-14/h3-6,8,10,12,15H,7H2,1-2H3/b10-8+. The lowest BCUT2D eigenvalue weighted by molar-refractivity contribution is 0.572. The smallest absolute Gasteiger partial charge is 0.208 e. The van der Waals surface area contributed by atoms with E-state index in [1.165, 1.54) is 6.08 Å². The highest BCUT2D eigenvalue weighted by atomic mass is 32.2. The molecule has 18 heavy (non-hydrogen) atoms. The zero-order valence-electron chi connectivity index (χ0n) is 10.4. The molecule has 4 nitrogen and oxygen atoms in total. The number of nitrogens with one attached hydrogen (secondary N) is 1. The van der Waals surface area contributed by atoms with Gasteiger partial charge in [-0.1, -0.05) is 29.8 Å². The largest absolute Gasteiger partial charge is 0.234 e. The number of benzene rings is 1. The van der Waals surface area contributed by atoms with Gasteiger partial charge in [-0.05, 0) is 25.5 Å². The van der Waals surface area contributed by atoms with Crippen molar-refractivity contribution in [2.75, 3.05) is 0 Å². The minimum absolute atomic E-state index is 0.150. The van der Waals surface area contributed by atoms with Crippen LogP contribution in [-0.2, 0) is 10.0 Å². The maximum atomic E-state index is 11.6. The van der Waals surface area contributed by atoms with Crippen LogP contribution in [0.2, 0.25) is 0 Å². The Hall–Kier alpha value is -1.64. The minimum atomic E-state index is -3.49. The van der Waals surface area contributed by atoms with Crippen molar-refractivity contribution in [3.05, 3.63) is 40.8 Å². The van der Waals surface area contributed by atoms with Crippen LogP contribution < -0.4 is 4.72 Å². The molecule has 0 aliphatic heterocycles. The second-order valence-electron chi connectivity index (χ2n) is 4.14. The lowest BCUT2D eigenvalue weighted by Crippen LogP contribution is -2.30. The van der Waals surface area contributed by atoms with Crippen molar-refractivity contribution < 1.29 is 8.42 Å². The number of hydrogen-bond acceptors (Lipinski definition) is 3. The van der Waals surface area contributed by atoms with E-state index in [1.807, 2.05) is 37.3 Å². The Morgan fingerprint density at radius 2 is 2.00 bits per heavy atom. The van der Waals surface area contributed by atoms with Gasteiger partial charge in [-0.15, -0.1) is 0 Å². The molecule has 96 valence electrons. The fourth-order valence-corrected chi connectivity index (χ4v) is 2.40. The molecule has 0 saturated carbocycles. The first-order chi connectivity index (χ1) is 8.43. The predicted molar refractivity (Wildman–Crippen MR) is 72.0 cm³/mol. The highest BCUT2D eigenvalue weighted by Crippen LogP contribution is 2.06. The summed E-state index contributed by atoms with van der Waals surface area (Å²) in [5, 5.41) is 9.58. The van der Waals surface area contributed by atoms with Gasteiger partial charge >= 0.3 is 0 Å². The first kappa shape index (κ1) is 14.4. The van der Waals surface area contributed by atoms with Crippen molar-refractivity contribution in [3.63, 3.8) is 0 Å². The van der Waals surface area contributed by atoms with Crippen molar-refractivity contribution in [1.82, 2.24) is 4.72 Å². The van der Waals surface area contributed by atoms with Gasteiger partial charge < -0.3 is 0 Å². The van der Waals surface area contributed by atoms with Crippen LogP contribution in [0.5, 0.6) is 0 Å². The maximum absolute atomic E-state index is 11.6. The monoisotopic (exact) mass is 264 g/mol. The van der Waals surface area contributed by atoms with Gasteiger partial charge in [0, 0.05) is 11.4 Å². The van der Waals surface area contributed by atoms with Gasteiger partial charge in [0.25, 0.3) is 0 Å². The van der Waals surface area contributed by atoms with Gasteiger partial charge in [0.2, 0.25) is 10.0 Å². The van der Waals surface area contributed by atoms with E-state index >= 15 is 0 Å². The fourth-order valence-electron chi connectivity index (χ4n) is 1.34. The molecule has 0 fully saturated rings. The second kappa shape index (κ2) is 6.34. The van der Waals surface area contributed by atoms with Crippen molar-refractivity contribution in [2.45, 2.75) is 26.3 Å². The summed E-state index contributed by atoms with van der Waals surface area (Å²) in [5.74, 6) is 0. The van der Waals surface area contributed by atoms with E-state index in [2.05, 4.69) is 4.72 Å². The Kier molecular flexibility index (Phi) is 5.08. The van der Waals surface area contributed by atoms with Gasteiger partial charge in [-0.25, -0.2) is 13.1 Å². The van der Waals surface area contributed by atoms with Crippen LogP contribution in [0.25, 0.3) is 6.08 Å². The Labute approximate surface area is 108 Å². The Bertz CT molecular complexity index is 554. The summed E-state index contributed by atoms with van der Waals surface area (Å²) in [6.45, 7) is 3.62. The van der Waals surface area contributed by atoms with E-state index in [4.69, 9.17) is 5.26 Å². The SMILES string of the molecule is Cc1ccc(/C=C/S(=O)(=O)NC(C)CC#N)cc1. The third-order valence-electron chi connectivity index (χ3n) is 2.28. The molecule has 0 heterocycles. The summed E-state index contributed by atoms with van der Waals surface area (Å²) < 4.78 is 25.7. The van der Waals surface area contributed by atoms with Crippen molar-refractivity contribution in [3.8, 4) is 6.07 Å². The van der Waals surface area contributed by atoms with Gasteiger partial charge in [0.1, 0.15) is 0 Å². The molecular formula is C13H16N2O2S. The van der Waals surface area contributed by atoms with Gasteiger partial charge in [0.05, 0.1) is 12.5 Å². The normalized spacial score (nSPS) is 13.4. The summed E-state index contributed by atoms with van der Waals surface area (Å²) in [6, 6.07) is 9.06. The van der Waals surface area contributed by atoms with E-state index in [0.29, 0.717) is 0 Å². The molecular weight excluding hydrogens is 248 g/mol. The summed E-state index contributed by atoms with van der Waals surface area (Å²) in [4.78, 5) is 0. The summed E-state index contributed by atoms with van der Waals surface area (Å²) in [6.07, 6.45) is 1.68. The molecule has 1 N–H and O–H groups in total. The minimum Gasteiger partial charge on any atom is -0.208 e. The topological polar surface area (TPSA) is 70.0 Å². The number of nitrogens with zero attached hydrogens (tertiary/aromatic N) is 1. The molecule has 1 aromatic carbocycles. The molecule has 0 spiro atoms. The molecule has 1 unspecified atom stereocenters. The van der Waals surface area contributed by atoms with Crippen LogP contribution in [-0.4, -0.2) is 14.5 Å². The number of rotatable bonds is 5. The van der Waals surface area contributed by atoms with Crippen LogP contribution >= 0.6 is 0 Å². The molecule has 1 rings (SSSR count). The number of nitriles is 1. The lowest BCUT2D eigenvalue weighted by Gasteiger charge is -2.07. The second-order valence-corrected chi connectivity index (χ2v) is 5.74. The molecule has 0 aliphatic carbocycles. The number of hydrogen-bond donors (Lipinski definition) is 1. The van der Waals surface area contributed by atoms with E-state index in [1.54, 1.807) is 6.92 Å². The molecule has 0 aliphatic rings. The van der Waals surface area contributed by atoms with Crippen molar-refractivity contribution >= 4 is 16.1 Å². The Balaban J connectivity index is 2.71. The number of aryl methyl sites for hydroxylation is 1. The lowest BCUT2D eigenvalue weighted by atomic mass is 10.2. The Morgan fingerprint density at radius 3 is 2.56 bits per heavy atom. The molecule has 0 bridgehead atoms. The molecule has 0 amide bonds. The summed E-state index contributed by atoms with van der Waals surface area (Å²) in [7, 11) is -3.49. The van der Waals surface area contributed by atoms with Crippen LogP contribution in [0.4, 0.5) is 0 Å². The van der Waals surface area contributed by atoms with E-state index < -0.39 is 10.0 Å². The van der Waals surface area contributed by atoms with Gasteiger partial charge in [-0.2, -0.15) is 5.26 Å². The van der Waals surface area contributed by atoms with Crippen molar-refractivity contribution in [2.24, 2.45) is 0 Å². The van der Waals surface area contributed by atoms with Gasteiger partial charge in [0.15, 0.2) is 0 Å². The number of sulfonamides is 1. The third-order valence-corrected chi connectivity index (χ3v) is 3.51. The predicted octanol–water partition coefficient (Wildman–Crippen LogP) is 2.19. The Morgan fingerprint density at radius 1 is 1.39 bits per heavy atom. The third kappa shape index (κ3) is 5.13. The fraction of sp³-hybridized carbons (Fsp3) is 0.308. The summed E-state index contributed by atoms with van der Waals surface area (Å²) in [5.41, 5.74) is 1.94. The highest BCUT2D eigenvalue weighted by Gasteiger charge is 2.10. The average Bonchev–Trinajstić information content (AvgIpc) is 2.28. The highest BCUT2D eigenvalue weighted by molar-refractivity contribution is 7.92. The van der Waals surface area contributed by atoms with Gasteiger partial charge in [-0.3, -0.25) is 0 Å². The van der Waals surface area contributed by atoms with E-state index in [0.717, 1.165) is 16.5 Å². The summed E-state index contributed by atoms with van der Waals surface area (Å²) >= 11 is 0. The van der Waals surface area contributed by atoms with Crippen molar-refractivity contribution in [1.29, 1.82) is 5.26 Å². The first-order valence-electron chi connectivity index (χ1n) is 5.57. The zero-order valence-corrected chi connectivity index (χ0v) is 11.2. The van der Waals surface area contributed by atoms with E-state index in [9.17, 15) is 8.42 Å². The molecule has 0 radical (unpaired) electrons. The van der Waals surface area contributed by atoms with Crippen LogP contribution in [0.3, 0.4) is 0 Å². The maximum Gasteiger partial charge on any atom is 0.234 e. The van der Waals surface area contributed by atoms with E-state index in [-0.39, 0.29) is 12.5 Å². The molecule has 1 aromatic rings. The quantitative estimate of drug-likeness (QED) is 0.886. The van der Waals surface area contributed by atoms with Crippen LogP contribution in [0, 0.1) is 18.3 Å². The first-order valence-corrected chi connectivity index (χ1v) is 7.11. The average molecular weight is 264 g/mol. The van der Waals surface area contributed by atoms with Crippen LogP contribution in [0.1, 0.15) is 24.5 Å². The molecule has 5 heteroatoms.